The van der Waals surface area contributed by atoms with E-state index in [2.05, 4.69) is 18.2 Å². The van der Waals surface area contributed by atoms with Crippen molar-refractivity contribution in [1.82, 2.24) is 0 Å². The van der Waals surface area contributed by atoms with E-state index in [0.29, 0.717) is 18.1 Å². The molecule has 2 aromatic carbocycles. The lowest BCUT2D eigenvalue weighted by molar-refractivity contribution is 0.250. The number of benzene rings is 2. The molecule has 0 saturated heterocycles. The van der Waals surface area contributed by atoms with E-state index in [4.69, 9.17) is 9.47 Å². The number of aliphatic hydroxyl groups excluding tert-OH is 1. The second-order valence-electron chi connectivity index (χ2n) is 5.35. The molecule has 0 spiro atoms. The Kier molecular flexibility index (Phi) is 4.11. The van der Waals surface area contributed by atoms with Crippen LogP contribution in [0.4, 0.5) is 0 Å². The zero-order chi connectivity index (χ0) is 14.7. The Morgan fingerprint density at radius 2 is 1.95 bits per heavy atom. The Bertz CT molecular complexity index is 612. The first-order chi connectivity index (χ1) is 10.3. The minimum absolute atomic E-state index is 0.0588. The summed E-state index contributed by atoms with van der Waals surface area (Å²) in [5, 5.41) is 9.43. The van der Waals surface area contributed by atoms with E-state index in [1.807, 2.05) is 18.2 Å². The Balaban J connectivity index is 1.78. The quantitative estimate of drug-likeness (QED) is 0.916. The Labute approximate surface area is 125 Å². The third kappa shape index (κ3) is 2.88. The molecule has 3 nitrogen and oxygen atoms in total. The van der Waals surface area contributed by atoms with Crippen molar-refractivity contribution >= 4 is 0 Å². The third-order valence-corrected chi connectivity index (χ3v) is 4.00. The molecule has 3 heteroatoms. The van der Waals surface area contributed by atoms with Gasteiger partial charge in [-0.2, -0.15) is 0 Å². The van der Waals surface area contributed by atoms with Crippen molar-refractivity contribution in [3.63, 3.8) is 0 Å². The van der Waals surface area contributed by atoms with Crippen molar-refractivity contribution < 1.29 is 14.6 Å². The van der Waals surface area contributed by atoms with Gasteiger partial charge in [0.05, 0.1) is 13.7 Å². The van der Waals surface area contributed by atoms with Gasteiger partial charge in [0.25, 0.3) is 0 Å². The maximum Gasteiger partial charge on any atom is 0.167 e. The fourth-order valence-electron chi connectivity index (χ4n) is 2.88. The molecule has 0 aliphatic heterocycles. The number of rotatable bonds is 5. The molecule has 0 amide bonds. The van der Waals surface area contributed by atoms with E-state index in [-0.39, 0.29) is 6.61 Å². The zero-order valence-corrected chi connectivity index (χ0v) is 12.3. The number of ether oxygens (including phenoxy) is 2. The van der Waals surface area contributed by atoms with Gasteiger partial charge in [0.15, 0.2) is 11.5 Å². The van der Waals surface area contributed by atoms with Gasteiger partial charge in [-0.3, -0.25) is 0 Å². The van der Waals surface area contributed by atoms with Gasteiger partial charge in [-0.05, 0) is 42.0 Å². The number of aryl methyl sites for hydroxylation is 2. The van der Waals surface area contributed by atoms with Gasteiger partial charge in [-0.25, -0.2) is 0 Å². The molecule has 0 aromatic heterocycles. The minimum atomic E-state index is -0.0588. The van der Waals surface area contributed by atoms with Crippen LogP contribution in [0, 0.1) is 0 Å². The largest absolute Gasteiger partial charge is 0.493 e. The minimum Gasteiger partial charge on any atom is -0.493 e. The van der Waals surface area contributed by atoms with E-state index >= 15 is 0 Å². The smallest absolute Gasteiger partial charge is 0.167 e. The highest BCUT2D eigenvalue weighted by molar-refractivity contribution is 5.46. The maximum atomic E-state index is 9.43. The number of fused-ring (bicyclic) bond motifs is 1. The lowest BCUT2D eigenvalue weighted by atomic mass is 10.1. The summed E-state index contributed by atoms with van der Waals surface area (Å²) in [7, 11) is 1.61. The Hall–Kier alpha value is -2.00. The van der Waals surface area contributed by atoms with Gasteiger partial charge in [-0.1, -0.05) is 30.3 Å². The summed E-state index contributed by atoms with van der Waals surface area (Å²) in [4.78, 5) is 0. The first kappa shape index (κ1) is 14.0. The van der Waals surface area contributed by atoms with Gasteiger partial charge < -0.3 is 14.6 Å². The van der Waals surface area contributed by atoms with Crippen molar-refractivity contribution in [2.45, 2.75) is 32.5 Å². The maximum absolute atomic E-state index is 9.43. The Morgan fingerprint density at radius 1 is 1.10 bits per heavy atom. The van der Waals surface area contributed by atoms with Crippen molar-refractivity contribution in [2.75, 3.05) is 7.11 Å². The summed E-state index contributed by atoms with van der Waals surface area (Å²) in [6.07, 6.45) is 3.61. The molecule has 0 fully saturated rings. The second kappa shape index (κ2) is 6.19. The molecule has 1 N–H and O–H groups in total. The molecule has 2 aromatic rings. The molecule has 0 radical (unpaired) electrons. The summed E-state index contributed by atoms with van der Waals surface area (Å²) in [6, 6.07) is 12.1. The number of para-hydroxylation sites is 1. The highest BCUT2D eigenvalue weighted by atomic mass is 16.5. The van der Waals surface area contributed by atoms with Crippen LogP contribution in [0.2, 0.25) is 0 Å². The van der Waals surface area contributed by atoms with Crippen LogP contribution in [0.25, 0.3) is 0 Å². The zero-order valence-electron chi connectivity index (χ0n) is 12.3. The molecule has 1 aliphatic carbocycles. The fourth-order valence-corrected chi connectivity index (χ4v) is 2.88. The average molecular weight is 284 g/mol. The van der Waals surface area contributed by atoms with Gasteiger partial charge in [-0.15, -0.1) is 0 Å². The molecule has 0 unspecified atom stereocenters. The normalized spacial score (nSPS) is 13.0. The lowest BCUT2D eigenvalue weighted by Gasteiger charge is -2.14. The number of aliphatic hydroxyl groups is 1. The predicted molar refractivity (Wildman–Crippen MR) is 81.7 cm³/mol. The van der Waals surface area contributed by atoms with Crippen molar-refractivity contribution in [2.24, 2.45) is 0 Å². The third-order valence-electron chi connectivity index (χ3n) is 4.00. The summed E-state index contributed by atoms with van der Waals surface area (Å²) < 4.78 is 11.2. The van der Waals surface area contributed by atoms with E-state index in [0.717, 1.165) is 11.1 Å². The molecule has 0 heterocycles. The number of hydrogen-bond acceptors (Lipinski definition) is 3. The number of hydrogen-bond donors (Lipinski definition) is 1. The molecule has 110 valence electrons. The van der Waals surface area contributed by atoms with Gasteiger partial charge in [0.1, 0.15) is 6.61 Å². The first-order valence-corrected chi connectivity index (χ1v) is 7.32. The summed E-state index contributed by atoms with van der Waals surface area (Å²) in [5.41, 5.74) is 4.81. The van der Waals surface area contributed by atoms with Crippen molar-refractivity contribution in [3.05, 3.63) is 58.7 Å². The standard InChI is InChI=1S/C18H20O3/c1-20-17-7-3-6-16(11-19)18(17)21-12-13-8-9-14-4-2-5-15(14)10-13/h3,6-10,19H,2,4-5,11-12H2,1H3. The van der Waals surface area contributed by atoms with Gasteiger partial charge in [0, 0.05) is 5.56 Å². The SMILES string of the molecule is COc1cccc(CO)c1OCc1ccc2c(c1)CCC2. The monoisotopic (exact) mass is 284 g/mol. The van der Waals surface area contributed by atoms with Gasteiger partial charge in [0.2, 0.25) is 0 Å². The Morgan fingerprint density at radius 3 is 2.76 bits per heavy atom. The second-order valence-corrected chi connectivity index (χ2v) is 5.35. The molecule has 3 rings (SSSR count). The highest BCUT2D eigenvalue weighted by Crippen LogP contribution is 2.32. The van der Waals surface area contributed by atoms with Crippen LogP contribution < -0.4 is 9.47 Å². The van der Waals surface area contributed by atoms with Crippen LogP contribution in [0.1, 0.15) is 28.7 Å². The topological polar surface area (TPSA) is 38.7 Å². The summed E-state index contributed by atoms with van der Waals surface area (Å²) in [5.74, 6) is 1.28. The van der Waals surface area contributed by atoms with Crippen LogP contribution in [-0.4, -0.2) is 12.2 Å². The molecule has 0 saturated carbocycles. The molecule has 0 atom stereocenters. The van der Waals surface area contributed by atoms with E-state index in [9.17, 15) is 5.11 Å². The first-order valence-electron chi connectivity index (χ1n) is 7.32. The van der Waals surface area contributed by atoms with E-state index < -0.39 is 0 Å². The summed E-state index contributed by atoms with van der Waals surface area (Å²) >= 11 is 0. The van der Waals surface area contributed by atoms with Gasteiger partial charge >= 0.3 is 0 Å². The van der Waals surface area contributed by atoms with E-state index in [1.165, 1.54) is 30.4 Å². The van der Waals surface area contributed by atoms with Crippen LogP contribution in [-0.2, 0) is 26.1 Å². The van der Waals surface area contributed by atoms with Crippen LogP contribution >= 0.6 is 0 Å². The highest BCUT2D eigenvalue weighted by Gasteiger charge is 2.13. The lowest BCUT2D eigenvalue weighted by Crippen LogP contribution is -2.01. The van der Waals surface area contributed by atoms with Crippen molar-refractivity contribution in [1.29, 1.82) is 0 Å². The van der Waals surface area contributed by atoms with Crippen LogP contribution in [0.3, 0.4) is 0 Å². The van der Waals surface area contributed by atoms with Crippen molar-refractivity contribution in [3.8, 4) is 11.5 Å². The number of methoxy groups -OCH3 is 1. The summed E-state index contributed by atoms with van der Waals surface area (Å²) in [6.45, 7) is 0.428. The van der Waals surface area contributed by atoms with E-state index in [1.54, 1.807) is 7.11 Å². The predicted octanol–water partition coefficient (Wildman–Crippen LogP) is 3.26. The molecular weight excluding hydrogens is 264 g/mol. The molecular formula is C18H20O3. The molecule has 1 aliphatic rings. The van der Waals surface area contributed by atoms with Crippen LogP contribution in [0.15, 0.2) is 36.4 Å². The fraction of sp³-hybridized carbons (Fsp3) is 0.333. The van der Waals surface area contributed by atoms with Crippen LogP contribution in [0.5, 0.6) is 11.5 Å². The molecule has 0 bridgehead atoms. The average Bonchev–Trinajstić information content (AvgIpc) is 3.00. The molecule has 21 heavy (non-hydrogen) atoms.